The summed E-state index contributed by atoms with van der Waals surface area (Å²) in [5, 5.41) is 8.93. The summed E-state index contributed by atoms with van der Waals surface area (Å²) >= 11 is 6.33. The Bertz CT molecular complexity index is 1830. The van der Waals surface area contributed by atoms with Crippen molar-refractivity contribution in [3.63, 3.8) is 0 Å². The molecule has 0 amide bonds. The van der Waals surface area contributed by atoms with Crippen LogP contribution in [0.1, 0.15) is 72.4 Å². The third-order valence-corrected chi connectivity index (χ3v) is 7.92. The Kier molecular flexibility index (Phi) is 9.87. The third kappa shape index (κ3) is 8.00. The van der Waals surface area contributed by atoms with E-state index in [1.807, 2.05) is 140 Å². The van der Waals surface area contributed by atoms with E-state index in [4.69, 9.17) is 30.9 Å². The Morgan fingerprint density at radius 2 is 1.33 bits per heavy atom. The summed E-state index contributed by atoms with van der Waals surface area (Å²) in [7, 11) is 0. The van der Waals surface area contributed by atoms with Gasteiger partial charge in [0, 0.05) is 39.3 Å². The van der Waals surface area contributed by atoms with Crippen molar-refractivity contribution in [1.29, 1.82) is 0 Å². The molecule has 0 aliphatic carbocycles. The van der Waals surface area contributed by atoms with Crippen LogP contribution < -0.4 is 10.1 Å². The molecule has 0 saturated heterocycles. The Hall–Kier alpha value is -4.82. The van der Waals surface area contributed by atoms with Crippen molar-refractivity contribution in [3.05, 3.63) is 124 Å². The predicted molar refractivity (Wildman–Crippen MR) is 188 cm³/mol. The number of aromatic nitrogens is 2. The van der Waals surface area contributed by atoms with E-state index in [2.05, 4.69) is 5.32 Å². The highest BCUT2D eigenvalue weighted by Gasteiger charge is 2.42. The number of esters is 2. The van der Waals surface area contributed by atoms with Gasteiger partial charge < -0.3 is 19.5 Å². The number of halogens is 1. The maximum atomic E-state index is 14.0. The van der Waals surface area contributed by atoms with E-state index < -0.39 is 29.1 Å². The van der Waals surface area contributed by atoms with Crippen molar-refractivity contribution in [2.45, 2.75) is 79.1 Å². The monoisotopic (exact) mass is 667 g/mol. The molecule has 250 valence electrons. The second-order valence-corrected chi connectivity index (χ2v) is 14.2. The molecule has 8 nitrogen and oxygen atoms in total. The first kappa shape index (κ1) is 34.5. The summed E-state index contributed by atoms with van der Waals surface area (Å²) in [5.41, 5.74) is 3.95. The molecule has 9 heteroatoms. The lowest BCUT2D eigenvalue weighted by Gasteiger charge is -2.33. The quantitative estimate of drug-likeness (QED) is 0.188. The van der Waals surface area contributed by atoms with E-state index in [9.17, 15) is 9.59 Å². The molecule has 2 heterocycles. The van der Waals surface area contributed by atoms with Gasteiger partial charge in [0.25, 0.3) is 0 Å². The maximum absolute atomic E-state index is 14.0. The van der Waals surface area contributed by atoms with Crippen LogP contribution in [0.15, 0.2) is 108 Å². The number of ether oxygens (including phenoxy) is 3. The number of rotatable bonds is 8. The first-order valence-electron chi connectivity index (χ1n) is 15.9. The minimum absolute atomic E-state index is 0.310. The average molecular weight is 668 g/mol. The molecular formula is C39H42ClN3O5. The summed E-state index contributed by atoms with van der Waals surface area (Å²) in [5.74, 6) is -1.26. The molecule has 1 aromatic heterocycles. The van der Waals surface area contributed by atoms with Crippen LogP contribution in [0.3, 0.4) is 0 Å². The number of hydrogen-bond acceptors (Lipinski definition) is 7. The molecule has 1 aliphatic rings. The molecule has 0 spiro atoms. The predicted octanol–water partition coefficient (Wildman–Crippen LogP) is 8.69. The van der Waals surface area contributed by atoms with Crippen LogP contribution >= 0.6 is 11.6 Å². The Balaban J connectivity index is 1.65. The second-order valence-electron chi connectivity index (χ2n) is 13.8. The first-order valence-corrected chi connectivity index (χ1v) is 16.3. The van der Waals surface area contributed by atoms with E-state index in [-0.39, 0.29) is 0 Å². The zero-order chi connectivity index (χ0) is 34.8. The molecule has 48 heavy (non-hydrogen) atoms. The molecule has 0 atom stereocenters. The van der Waals surface area contributed by atoms with Crippen LogP contribution in [0.25, 0.3) is 16.9 Å². The molecule has 4 aromatic rings. The highest BCUT2D eigenvalue weighted by atomic mass is 35.5. The fraction of sp³-hybridized carbons (Fsp3) is 0.308. The van der Waals surface area contributed by atoms with Gasteiger partial charge in [-0.05, 0) is 97.9 Å². The molecule has 0 unspecified atom stereocenters. The van der Waals surface area contributed by atoms with E-state index >= 15 is 0 Å². The van der Waals surface area contributed by atoms with Gasteiger partial charge in [0.2, 0.25) is 0 Å². The number of benzene rings is 3. The molecular weight excluding hydrogens is 626 g/mol. The lowest BCUT2D eigenvalue weighted by molar-refractivity contribution is -0.150. The van der Waals surface area contributed by atoms with Crippen LogP contribution in [0.2, 0.25) is 5.02 Å². The molecule has 0 saturated carbocycles. The first-order chi connectivity index (χ1) is 22.6. The maximum Gasteiger partial charge on any atom is 0.337 e. The van der Waals surface area contributed by atoms with Gasteiger partial charge in [-0.3, -0.25) is 0 Å². The van der Waals surface area contributed by atoms with Crippen molar-refractivity contribution in [2.75, 3.05) is 0 Å². The zero-order valence-electron chi connectivity index (χ0n) is 28.7. The summed E-state index contributed by atoms with van der Waals surface area (Å²) in [6.07, 6.45) is 1.87. The molecule has 5 rings (SSSR count). The third-order valence-electron chi connectivity index (χ3n) is 7.55. The van der Waals surface area contributed by atoms with E-state index in [0.717, 1.165) is 16.8 Å². The smallest absolute Gasteiger partial charge is 0.337 e. The van der Waals surface area contributed by atoms with E-state index in [0.29, 0.717) is 51.2 Å². The number of nitrogens with zero attached hydrogens (tertiary/aromatic N) is 2. The zero-order valence-corrected chi connectivity index (χ0v) is 29.4. The lowest BCUT2D eigenvalue weighted by atomic mass is 9.79. The van der Waals surface area contributed by atoms with Gasteiger partial charge in [0.1, 0.15) is 23.6 Å². The van der Waals surface area contributed by atoms with Crippen LogP contribution in [-0.4, -0.2) is 32.9 Å². The number of allylic oxidation sites excluding steroid dienone is 2. The van der Waals surface area contributed by atoms with Gasteiger partial charge >= 0.3 is 11.9 Å². The normalized spacial score (nSPS) is 14.1. The van der Waals surface area contributed by atoms with Crippen LogP contribution in [0.4, 0.5) is 0 Å². The van der Waals surface area contributed by atoms with Crippen LogP contribution in [0, 0.1) is 0 Å². The van der Waals surface area contributed by atoms with Crippen molar-refractivity contribution >= 4 is 23.5 Å². The highest BCUT2D eigenvalue weighted by molar-refractivity contribution is 6.31. The van der Waals surface area contributed by atoms with Gasteiger partial charge in [-0.25, -0.2) is 14.3 Å². The molecule has 1 N–H and O–H groups in total. The number of nitrogens with one attached hydrogen (secondary N) is 1. The Morgan fingerprint density at radius 3 is 1.88 bits per heavy atom. The van der Waals surface area contributed by atoms with E-state index in [1.54, 1.807) is 4.68 Å². The summed E-state index contributed by atoms with van der Waals surface area (Å²) in [4.78, 5) is 28.0. The number of dihydropyridines is 1. The molecule has 3 aromatic carbocycles. The Labute approximate surface area is 287 Å². The fourth-order valence-electron chi connectivity index (χ4n) is 5.53. The van der Waals surface area contributed by atoms with Crippen molar-refractivity contribution < 1.29 is 23.8 Å². The molecule has 0 radical (unpaired) electrons. The van der Waals surface area contributed by atoms with Gasteiger partial charge in [-0.15, -0.1) is 0 Å². The van der Waals surface area contributed by atoms with E-state index in [1.165, 1.54) is 0 Å². The summed E-state index contributed by atoms with van der Waals surface area (Å²) < 4.78 is 19.7. The van der Waals surface area contributed by atoms with Gasteiger partial charge in [0.15, 0.2) is 0 Å². The second kappa shape index (κ2) is 13.7. The van der Waals surface area contributed by atoms with Crippen molar-refractivity contribution in [2.24, 2.45) is 0 Å². The average Bonchev–Trinajstić information content (AvgIpc) is 3.44. The minimum atomic E-state index is -0.848. The molecule has 0 bridgehead atoms. The van der Waals surface area contributed by atoms with Gasteiger partial charge in [0.05, 0.1) is 28.4 Å². The molecule has 1 aliphatic heterocycles. The van der Waals surface area contributed by atoms with Crippen LogP contribution in [0.5, 0.6) is 5.75 Å². The standard InChI is InChI=1S/C39H42ClN3O5/c1-24-32(36(44)47-38(3,4)5)34(33(25(2)41-24)37(45)48-39(6,7)8)30-22-43(28-15-10-9-11-16-28)42-35(30)26-18-20-29(21-19-26)46-23-27-14-12-13-17-31(27)40/h9-22,34,41H,23H2,1-8H3. The largest absolute Gasteiger partial charge is 0.489 e. The molecule has 0 fully saturated rings. The number of carbonyl (C=O) groups excluding carboxylic acids is 2. The van der Waals surface area contributed by atoms with Crippen molar-refractivity contribution in [3.8, 4) is 22.7 Å². The SMILES string of the molecule is CC1=C(C(=O)OC(C)(C)C)C(c2cn(-c3ccccc3)nc2-c2ccc(OCc3ccccc3Cl)cc2)C(C(=O)OC(C)(C)C)=C(C)N1. The highest BCUT2D eigenvalue weighted by Crippen LogP contribution is 2.44. The summed E-state index contributed by atoms with van der Waals surface area (Å²) in [6, 6.07) is 24.8. The van der Waals surface area contributed by atoms with Gasteiger partial charge in [-0.1, -0.05) is 48.0 Å². The fourth-order valence-corrected chi connectivity index (χ4v) is 5.72. The summed E-state index contributed by atoms with van der Waals surface area (Å²) in [6.45, 7) is 14.8. The minimum Gasteiger partial charge on any atom is -0.489 e. The topological polar surface area (TPSA) is 91.7 Å². The van der Waals surface area contributed by atoms with Gasteiger partial charge in [-0.2, -0.15) is 5.10 Å². The number of para-hydroxylation sites is 1. The lowest BCUT2D eigenvalue weighted by Crippen LogP contribution is -2.36. The number of carbonyl (C=O) groups is 2. The Morgan fingerprint density at radius 1 is 0.792 bits per heavy atom. The van der Waals surface area contributed by atoms with Crippen molar-refractivity contribution in [1.82, 2.24) is 15.1 Å². The number of hydrogen-bond donors (Lipinski definition) is 1. The van der Waals surface area contributed by atoms with Crippen LogP contribution in [-0.2, 0) is 25.7 Å².